The highest BCUT2D eigenvalue weighted by molar-refractivity contribution is 6.07. The van der Waals surface area contributed by atoms with Gasteiger partial charge in [0.05, 0.1) is 16.8 Å². The first-order valence-electron chi connectivity index (χ1n) is 7.36. The molecule has 1 amide bonds. The molecule has 24 heavy (non-hydrogen) atoms. The molecule has 0 atom stereocenters. The first-order chi connectivity index (χ1) is 11.6. The van der Waals surface area contributed by atoms with E-state index in [0.29, 0.717) is 24.2 Å². The molecular weight excluding hydrogens is 310 g/mol. The van der Waals surface area contributed by atoms with E-state index in [4.69, 9.17) is 0 Å². The molecule has 0 spiro atoms. The Morgan fingerprint density at radius 1 is 1.29 bits per heavy atom. The van der Waals surface area contributed by atoms with E-state index in [1.54, 1.807) is 41.4 Å². The minimum Gasteiger partial charge on any atom is -0.399 e. The quantitative estimate of drug-likeness (QED) is 0.491. The summed E-state index contributed by atoms with van der Waals surface area (Å²) >= 11 is 0. The predicted molar refractivity (Wildman–Crippen MR) is 89.5 cm³/mol. The van der Waals surface area contributed by atoms with Gasteiger partial charge in [0.2, 0.25) is 0 Å². The number of amides is 1. The molecular formula is C17H15N3O4. The average Bonchev–Trinajstić information content (AvgIpc) is 3.02. The lowest BCUT2D eigenvalue weighted by molar-refractivity contribution is -0.384. The largest absolute Gasteiger partial charge is 0.399 e. The van der Waals surface area contributed by atoms with Crippen molar-refractivity contribution >= 4 is 23.5 Å². The van der Waals surface area contributed by atoms with E-state index < -0.39 is 4.92 Å². The number of hydrogen-bond acceptors (Lipinski definition) is 5. The van der Waals surface area contributed by atoms with Gasteiger partial charge in [0.1, 0.15) is 7.11 Å². The van der Waals surface area contributed by atoms with Crippen LogP contribution in [0.2, 0.25) is 0 Å². The van der Waals surface area contributed by atoms with Crippen LogP contribution in [0.15, 0.2) is 47.6 Å². The zero-order valence-corrected chi connectivity index (χ0v) is 13.0. The maximum Gasteiger partial charge on any atom is 0.271 e. The number of non-ortho nitro benzene ring substituents is 1. The molecule has 122 valence electrons. The highest BCUT2D eigenvalue weighted by Crippen LogP contribution is 2.32. The Hall–Kier alpha value is -3.22. The van der Waals surface area contributed by atoms with Crippen molar-refractivity contribution in [3.63, 3.8) is 0 Å². The number of carbonyl (C=O) groups is 1. The van der Waals surface area contributed by atoms with Gasteiger partial charge < -0.3 is 9.74 Å². The Morgan fingerprint density at radius 3 is 2.71 bits per heavy atom. The first kappa shape index (κ1) is 15.7. The molecule has 0 aliphatic carbocycles. The smallest absolute Gasteiger partial charge is 0.271 e. The number of nitrogens with zero attached hydrogens (tertiary/aromatic N) is 3. The van der Waals surface area contributed by atoms with Crippen LogP contribution in [0.25, 0.3) is 0 Å². The van der Waals surface area contributed by atoms with Crippen molar-refractivity contribution in [2.24, 2.45) is 5.16 Å². The fourth-order valence-electron chi connectivity index (χ4n) is 2.67. The van der Waals surface area contributed by atoms with Gasteiger partial charge in [-0.3, -0.25) is 14.9 Å². The second-order valence-electron chi connectivity index (χ2n) is 5.32. The molecule has 3 rings (SSSR count). The summed E-state index contributed by atoms with van der Waals surface area (Å²) < 4.78 is 0. The van der Waals surface area contributed by atoms with Gasteiger partial charge in [-0.15, -0.1) is 0 Å². The summed E-state index contributed by atoms with van der Waals surface area (Å²) in [5, 5.41) is 14.6. The first-order valence-corrected chi connectivity index (χ1v) is 7.36. The van der Waals surface area contributed by atoms with Crippen LogP contribution in [0.1, 0.15) is 21.5 Å². The van der Waals surface area contributed by atoms with E-state index in [2.05, 4.69) is 9.99 Å². The number of fused-ring (bicyclic) bond motifs is 1. The molecule has 1 aliphatic heterocycles. The lowest BCUT2D eigenvalue weighted by Gasteiger charge is -2.17. The molecule has 7 heteroatoms. The van der Waals surface area contributed by atoms with Crippen LogP contribution in [-0.4, -0.2) is 30.7 Å². The summed E-state index contributed by atoms with van der Waals surface area (Å²) in [4.78, 5) is 29.4. The van der Waals surface area contributed by atoms with Crippen molar-refractivity contribution in [1.29, 1.82) is 0 Å². The number of benzene rings is 2. The summed E-state index contributed by atoms with van der Waals surface area (Å²) in [6.45, 7) is 0.516. The van der Waals surface area contributed by atoms with Gasteiger partial charge in [-0.05, 0) is 29.7 Å². The van der Waals surface area contributed by atoms with Crippen LogP contribution >= 0.6 is 0 Å². The summed E-state index contributed by atoms with van der Waals surface area (Å²) in [6, 6.07) is 11.6. The lowest BCUT2D eigenvalue weighted by Crippen LogP contribution is -2.28. The van der Waals surface area contributed by atoms with Crippen LogP contribution in [-0.2, 0) is 11.3 Å². The summed E-state index contributed by atoms with van der Waals surface area (Å²) in [7, 11) is 1.46. The van der Waals surface area contributed by atoms with Crippen LogP contribution in [0.5, 0.6) is 0 Å². The summed E-state index contributed by atoms with van der Waals surface area (Å²) in [6.07, 6.45) is 2.24. The minimum atomic E-state index is -0.453. The molecule has 2 aromatic carbocycles. The van der Waals surface area contributed by atoms with Gasteiger partial charge in [-0.1, -0.05) is 23.4 Å². The second-order valence-corrected chi connectivity index (χ2v) is 5.32. The molecule has 0 bridgehead atoms. The van der Waals surface area contributed by atoms with Crippen LogP contribution < -0.4 is 4.90 Å². The minimum absolute atomic E-state index is 0.0143. The molecule has 1 aliphatic rings. The number of anilines is 1. The van der Waals surface area contributed by atoms with E-state index in [0.717, 1.165) is 11.1 Å². The van der Waals surface area contributed by atoms with Crippen LogP contribution in [0, 0.1) is 10.1 Å². The highest BCUT2D eigenvalue weighted by atomic mass is 16.6. The third-order valence-electron chi connectivity index (χ3n) is 3.89. The number of nitro benzene ring substituents is 1. The zero-order chi connectivity index (χ0) is 17.1. The Morgan fingerprint density at radius 2 is 2.04 bits per heavy atom. The van der Waals surface area contributed by atoms with Crippen molar-refractivity contribution < 1.29 is 14.6 Å². The normalized spacial score (nSPS) is 13.1. The van der Waals surface area contributed by atoms with Gasteiger partial charge in [0, 0.05) is 24.2 Å². The van der Waals surface area contributed by atoms with Gasteiger partial charge in [0.15, 0.2) is 0 Å². The third kappa shape index (κ3) is 2.96. The van der Waals surface area contributed by atoms with Crippen LogP contribution in [0.4, 0.5) is 11.4 Å². The second kappa shape index (κ2) is 6.49. The highest BCUT2D eigenvalue weighted by Gasteiger charge is 2.27. The van der Waals surface area contributed by atoms with Crippen molar-refractivity contribution in [2.75, 3.05) is 18.6 Å². The maximum absolute atomic E-state index is 12.7. The molecule has 0 N–H and O–H groups in total. The van der Waals surface area contributed by atoms with E-state index in [1.807, 2.05) is 0 Å². The molecule has 0 radical (unpaired) electrons. The fourth-order valence-corrected chi connectivity index (χ4v) is 2.67. The average molecular weight is 325 g/mol. The molecule has 7 nitrogen and oxygen atoms in total. The van der Waals surface area contributed by atoms with E-state index in [1.165, 1.54) is 19.2 Å². The molecule has 1 heterocycles. The fraction of sp³-hybridized carbons (Fsp3) is 0.176. The zero-order valence-electron chi connectivity index (χ0n) is 13.0. The molecule has 2 aromatic rings. The number of oxime groups is 1. The topological polar surface area (TPSA) is 85.0 Å². The molecule has 0 saturated carbocycles. The summed E-state index contributed by atoms with van der Waals surface area (Å²) in [5.74, 6) is -0.176. The Kier molecular flexibility index (Phi) is 4.24. The molecule has 0 saturated heterocycles. The molecule has 0 fully saturated rings. The number of hydrogen-bond donors (Lipinski definition) is 0. The molecule has 0 unspecified atom stereocenters. The standard InChI is InChI=1S/C17H15N3O4/c1-24-18-11-12-2-4-14(5-3-12)17(21)19-9-8-13-6-7-15(20(22)23)10-16(13)19/h2-7,10-11H,8-9H2,1H3/b18-11+. The SMILES string of the molecule is CO/N=C/c1ccc(C(=O)N2CCc3ccc([N+](=O)[O-])cc32)cc1. The number of nitro groups is 1. The van der Waals surface area contributed by atoms with Crippen molar-refractivity contribution in [3.05, 3.63) is 69.3 Å². The Bertz CT molecular complexity index is 815. The predicted octanol–water partition coefficient (Wildman–Crippen LogP) is 2.78. The Balaban J connectivity index is 1.86. The van der Waals surface area contributed by atoms with E-state index in [9.17, 15) is 14.9 Å². The van der Waals surface area contributed by atoms with Gasteiger partial charge in [0.25, 0.3) is 11.6 Å². The molecule has 0 aromatic heterocycles. The van der Waals surface area contributed by atoms with Gasteiger partial charge in [-0.2, -0.15) is 0 Å². The number of rotatable bonds is 4. The van der Waals surface area contributed by atoms with Gasteiger partial charge in [-0.25, -0.2) is 0 Å². The number of carbonyl (C=O) groups excluding carboxylic acids is 1. The van der Waals surface area contributed by atoms with Crippen LogP contribution in [0.3, 0.4) is 0 Å². The van der Waals surface area contributed by atoms with E-state index >= 15 is 0 Å². The summed E-state index contributed by atoms with van der Waals surface area (Å²) in [5.41, 5.74) is 2.87. The van der Waals surface area contributed by atoms with Crippen molar-refractivity contribution in [3.8, 4) is 0 Å². The maximum atomic E-state index is 12.7. The van der Waals surface area contributed by atoms with Gasteiger partial charge >= 0.3 is 0 Å². The van der Waals surface area contributed by atoms with Crippen molar-refractivity contribution in [1.82, 2.24) is 0 Å². The lowest BCUT2D eigenvalue weighted by atomic mass is 10.1. The third-order valence-corrected chi connectivity index (χ3v) is 3.89. The van der Waals surface area contributed by atoms with Crippen molar-refractivity contribution in [2.45, 2.75) is 6.42 Å². The monoisotopic (exact) mass is 325 g/mol. The van der Waals surface area contributed by atoms with E-state index in [-0.39, 0.29) is 11.6 Å². The Labute approximate surface area is 138 Å².